The van der Waals surface area contributed by atoms with Gasteiger partial charge >= 0.3 is 0 Å². The molecule has 152 valence electrons. The minimum absolute atomic E-state index is 0.00342. The lowest BCUT2D eigenvalue weighted by Crippen LogP contribution is -2.39. The molecule has 1 N–H and O–H groups in total. The zero-order chi connectivity index (χ0) is 19.8. The third-order valence-electron chi connectivity index (χ3n) is 6.19. The molecular weight excluding hydrogens is 366 g/mol. The lowest BCUT2D eigenvalue weighted by molar-refractivity contribution is 0.0965. The smallest absolute Gasteiger partial charge is 0.253 e. The van der Waals surface area contributed by atoms with Crippen molar-refractivity contribution >= 4 is 11.7 Å². The largest absolute Gasteiger partial charge is 0.490 e. The van der Waals surface area contributed by atoms with Gasteiger partial charge in [-0.25, -0.2) is 4.98 Å². The van der Waals surface area contributed by atoms with Crippen LogP contribution in [0.2, 0.25) is 0 Å². The van der Waals surface area contributed by atoms with Gasteiger partial charge in [-0.3, -0.25) is 4.79 Å². The number of nitrogens with one attached hydrogen (secondary N) is 1. The molecule has 6 nitrogen and oxygen atoms in total. The van der Waals surface area contributed by atoms with Gasteiger partial charge in [-0.2, -0.15) is 0 Å². The van der Waals surface area contributed by atoms with Gasteiger partial charge in [0.2, 0.25) is 0 Å². The molecule has 1 amide bonds. The Labute approximate surface area is 171 Å². The lowest BCUT2D eigenvalue weighted by atomic mass is 10.0. The number of piperidine rings is 1. The zero-order valence-corrected chi connectivity index (χ0v) is 16.9. The van der Waals surface area contributed by atoms with E-state index in [0.29, 0.717) is 13.2 Å². The molecule has 4 heterocycles. The first-order chi connectivity index (χ1) is 14.2. The molecule has 1 aromatic heterocycles. The fourth-order valence-corrected chi connectivity index (χ4v) is 4.50. The molecular formula is C23H27N3O3. The summed E-state index contributed by atoms with van der Waals surface area (Å²) in [5, 5.41) is 2.87. The third-order valence-corrected chi connectivity index (χ3v) is 6.19. The minimum Gasteiger partial charge on any atom is -0.490 e. The molecule has 1 fully saturated rings. The van der Waals surface area contributed by atoms with Crippen LogP contribution in [0.3, 0.4) is 0 Å². The zero-order valence-electron chi connectivity index (χ0n) is 16.9. The Bertz CT molecular complexity index is 935. The van der Waals surface area contributed by atoms with E-state index in [-0.39, 0.29) is 12.0 Å². The van der Waals surface area contributed by atoms with Gasteiger partial charge in [-0.05, 0) is 47.7 Å². The molecule has 29 heavy (non-hydrogen) atoms. The van der Waals surface area contributed by atoms with E-state index in [2.05, 4.69) is 35.3 Å². The number of rotatable bonds is 4. The number of ether oxygens (including phenoxy) is 2. The number of carbonyl (C=O) groups excluding carboxylic acids is 1. The summed E-state index contributed by atoms with van der Waals surface area (Å²) in [5.74, 6) is 1.98. The van der Waals surface area contributed by atoms with Gasteiger partial charge in [0.05, 0.1) is 31.0 Å². The van der Waals surface area contributed by atoms with Gasteiger partial charge in [0.25, 0.3) is 5.91 Å². The molecule has 5 rings (SSSR count). The third kappa shape index (κ3) is 3.57. The van der Waals surface area contributed by atoms with Crippen molar-refractivity contribution in [3.05, 3.63) is 52.2 Å². The van der Waals surface area contributed by atoms with Crippen LogP contribution in [0.25, 0.3) is 0 Å². The molecule has 2 aromatic rings. The van der Waals surface area contributed by atoms with Crippen molar-refractivity contribution in [2.24, 2.45) is 0 Å². The summed E-state index contributed by atoms with van der Waals surface area (Å²) in [5.41, 5.74) is 5.39. The van der Waals surface area contributed by atoms with E-state index < -0.39 is 0 Å². The number of pyridine rings is 1. The van der Waals surface area contributed by atoms with E-state index in [9.17, 15) is 4.79 Å². The summed E-state index contributed by atoms with van der Waals surface area (Å²) in [6.07, 6.45) is 4.01. The number of aryl methyl sites for hydroxylation is 1. The maximum absolute atomic E-state index is 11.9. The molecule has 6 heteroatoms. The van der Waals surface area contributed by atoms with Gasteiger partial charge in [0.15, 0.2) is 0 Å². The van der Waals surface area contributed by atoms with E-state index in [4.69, 9.17) is 14.5 Å². The second kappa shape index (κ2) is 7.67. The number of aromatic nitrogens is 1. The predicted molar refractivity (Wildman–Crippen MR) is 110 cm³/mol. The molecule has 1 saturated heterocycles. The van der Waals surface area contributed by atoms with Crippen molar-refractivity contribution in [3.63, 3.8) is 0 Å². The van der Waals surface area contributed by atoms with Crippen LogP contribution < -0.4 is 15.0 Å². The second-order valence-corrected chi connectivity index (χ2v) is 8.04. The molecule has 0 aliphatic carbocycles. The molecule has 0 saturated carbocycles. The van der Waals surface area contributed by atoms with Crippen LogP contribution in [0.4, 0.5) is 5.82 Å². The number of hydrogen-bond acceptors (Lipinski definition) is 5. The van der Waals surface area contributed by atoms with Crippen LogP contribution in [-0.2, 0) is 30.7 Å². The number of nitrogens with zero attached hydrogens (tertiary/aromatic N) is 2. The molecule has 1 aromatic carbocycles. The van der Waals surface area contributed by atoms with Crippen molar-refractivity contribution < 1.29 is 14.3 Å². The highest BCUT2D eigenvalue weighted by molar-refractivity contribution is 5.98. The Kier molecular flexibility index (Phi) is 4.87. The normalized spacial score (nSPS) is 18.9. The van der Waals surface area contributed by atoms with Crippen molar-refractivity contribution in [3.8, 4) is 5.75 Å². The first kappa shape index (κ1) is 18.4. The van der Waals surface area contributed by atoms with Crippen LogP contribution in [-0.4, -0.2) is 36.7 Å². The summed E-state index contributed by atoms with van der Waals surface area (Å²) >= 11 is 0. The van der Waals surface area contributed by atoms with Crippen LogP contribution in [0, 0.1) is 0 Å². The number of anilines is 1. The fourth-order valence-electron chi connectivity index (χ4n) is 4.50. The minimum atomic E-state index is -0.00342. The van der Waals surface area contributed by atoms with Crippen LogP contribution in [0.5, 0.6) is 5.75 Å². The van der Waals surface area contributed by atoms with Gasteiger partial charge in [0.1, 0.15) is 17.7 Å². The number of carbonyl (C=O) groups is 1. The number of amides is 1. The highest BCUT2D eigenvalue weighted by Crippen LogP contribution is 2.29. The Morgan fingerprint density at radius 1 is 1.24 bits per heavy atom. The Hall–Kier alpha value is -2.60. The van der Waals surface area contributed by atoms with Crippen LogP contribution >= 0.6 is 0 Å². The molecule has 0 bridgehead atoms. The van der Waals surface area contributed by atoms with E-state index in [1.807, 2.05) is 6.07 Å². The predicted octanol–water partition coefficient (Wildman–Crippen LogP) is 3.01. The summed E-state index contributed by atoms with van der Waals surface area (Å²) in [4.78, 5) is 19.1. The summed E-state index contributed by atoms with van der Waals surface area (Å²) in [6.45, 7) is 5.98. The number of fused-ring (bicyclic) bond motifs is 2. The standard InChI is InChI=1S/C23H27N3O3/c1-2-15-12-20-21(13-24-23(20)27)25-22(15)26-8-5-18(6-9-26)29-19-4-3-16-7-10-28-14-17(16)11-19/h3-4,11-12,18H,2,5-10,13-14H2,1H3,(H,24,27). The monoisotopic (exact) mass is 393 g/mol. The fraction of sp³-hybridized carbons (Fsp3) is 0.478. The SMILES string of the molecule is CCc1cc2c(nc1N1CCC(Oc3ccc4c(c3)COCC4)CC1)CNC2=O. The Morgan fingerprint density at radius 2 is 2.10 bits per heavy atom. The van der Waals surface area contributed by atoms with Gasteiger partial charge < -0.3 is 19.7 Å². The molecule has 0 spiro atoms. The van der Waals surface area contributed by atoms with E-state index >= 15 is 0 Å². The number of benzene rings is 1. The Balaban J connectivity index is 1.26. The molecule has 0 atom stereocenters. The molecule has 3 aliphatic rings. The van der Waals surface area contributed by atoms with E-state index in [0.717, 1.165) is 73.8 Å². The summed E-state index contributed by atoms with van der Waals surface area (Å²) in [7, 11) is 0. The maximum Gasteiger partial charge on any atom is 0.253 e. The highest BCUT2D eigenvalue weighted by Gasteiger charge is 2.27. The van der Waals surface area contributed by atoms with Gasteiger partial charge in [-0.1, -0.05) is 13.0 Å². The molecule has 0 radical (unpaired) electrons. The van der Waals surface area contributed by atoms with Crippen LogP contribution in [0.1, 0.15) is 52.5 Å². The topological polar surface area (TPSA) is 63.7 Å². The second-order valence-electron chi connectivity index (χ2n) is 8.04. The number of hydrogen-bond donors (Lipinski definition) is 1. The highest BCUT2D eigenvalue weighted by atomic mass is 16.5. The maximum atomic E-state index is 11.9. The first-order valence-corrected chi connectivity index (χ1v) is 10.6. The Morgan fingerprint density at radius 3 is 2.93 bits per heavy atom. The van der Waals surface area contributed by atoms with Crippen molar-refractivity contribution in [1.82, 2.24) is 10.3 Å². The van der Waals surface area contributed by atoms with Gasteiger partial charge in [-0.15, -0.1) is 0 Å². The summed E-state index contributed by atoms with van der Waals surface area (Å²) in [6, 6.07) is 8.44. The average Bonchev–Trinajstić information content (AvgIpc) is 3.13. The van der Waals surface area contributed by atoms with E-state index in [1.54, 1.807) is 0 Å². The van der Waals surface area contributed by atoms with Crippen molar-refractivity contribution in [2.75, 3.05) is 24.6 Å². The first-order valence-electron chi connectivity index (χ1n) is 10.6. The molecule has 0 unspecified atom stereocenters. The van der Waals surface area contributed by atoms with Gasteiger partial charge in [0, 0.05) is 25.9 Å². The quantitative estimate of drug-likeness (QED) is 0.865. The van der Waals surface area contributed by atoms with Crippen molar-refractivity contribution in [2.45, 2.75) is 51.9 Å². The van der Waals surface area contributed by atoms with E-state index in [1.165, 1.54) is 11.1 Å². The van der Waals surface area contributed by atoms with Crippen molar-refractivity contribution in [1.29, 1.82) is 0 Å². The summed E-state index contributed by atoms with van der Waals surface area (Å²) < 4.78 is 11.9. The van der Waals surface area contributed by atoms with Crippen LogP contribution in [0.15, 0.2) is 24.3 Å². The lowest BCUT2D eigenvalue weighted by Gasteiger charge is -2.34. The average molecular weight is 393 g/mol. The molecule has 3 aliphatic heterocycles.